The number of benzene rings is 3. The molecule has 4 saturated heterocycles. The van der Waals surface area contributed by atoms with Gasteiger partial charge in [-0.25, -0.2) is 5.01 Å². The summed E-state index contributed by atoms with van der Waals surface area (Å²) >= 11 is 0. The maximum atomic E-state index is 13.3. The van der Waals surface area contributed by atoms with E-state index < -0.39 is 18.7 Å². The minimum Gasteiger partial charge on any atom is -0.362 e. The van der Waals surface area contributed by atoms with Crippen LogP contribution in [0.3, 0.4) is 0 Å². The van der Waals surface area contributed by atoms with E-state index in [0.717, 1.165) is 16.7 Å². The zero-order valence-electron chi connectivity index (χ0n) is 20.9. The van der Waals surface area contributed by atoms with Crippen LogP contribution in [0.25, 0.3) is 0 Å². The van der Waals surface area contributed by atoms with Gasteiger partial charge >= 0.3 is 0 Å². The maximum absolute atomic E-state index is 13.3. The molecule has 4 fully saturated rings. The van der Waals surface area contributed by atoms with E-state index in [0.29, 0.717) is 26.4 Å². The number of β-lactam (4-membered cyclic amide) rings is 1. The molecule has 0 N–H and O–H groups in total. The molecule has 0 radical (unpaired) electrons. The van der Waals surface area contributed by atoms with Crippen LogP contribution < -0.4 is 0 Å². The van der Waals surface area contributed by atoms with Crippen molar-refractivity contribution in [3.05, 3.63) is 108 Å². The van der Waals surface area contributed by atoms with Gasteiger partial charge in [-0.2, -0.15) is 0 Å². The van der Waals surface area contributed by atoms with Gasteiger partial charge in [-0.05, 0) is 5.56 Å². The zero-order chi connectivity index (χ0) is 25.5. The van der Waals surface area contributed by atoms with Gasteiger partial charge in [0.05, 0.1) is 38.4 Å². The van der Waals surface area contributed by atoms with Gasteiger partial charge in [0, 0.05) is 11.1 Å². The highest BCUT2D eigenvalue weighted by atomic mass is 16.7. The largest absolute Gasteiger partial charge is 0.362 e. The number of carbonyl (C=O) groups excluding carboxylic acids is 1. The summed E-state index contributed by atoms with van der Waals surface area (Å²) < 4.78 is 31.4. The molecule has 7 rings (SSSR count). The molecule has 0 spiro atoms. The second kappa shape index (κ2) is 10.2. The Kier molecular flexibility index (Phi) is 6.45. The molecule has 196 valence electrons. The topological polar surface area (TPSA) is 69.7 Å². The lowest BCUT2D eigenvalue weighted by molar-refractivity contribution is -0.278. The third-order valence-electron chi connectivity index (χ3n) is 7.74. The Morgan fingerprint density at radius 2 is 1.21 bits per heavy atom. The van der Waals surface area contributed by atoms with E-state index in [1.807, 2.05) is 91.0 Å². The molecule has 3 aromatic carbocycles. The van der Waals surface area contributed by atoms with Crippen molar-refractivity contribution >= 4 is 5.91 Å². The Morgan fingerprint density at radius 3 is 1.71 bits per heavy atom. The van der Waals surface area contributed by atoms with Crippen molar-refractivity contribution in [1.82, 2.24) is 10.0 Å². The molecule has 1 amide bonds. The Bertz CT molecular complexity index is 1180. The molecule has 38 heavy (non-hydrogen) atoms. The van der Waals surface area contributed by atoms with Gasteiger partial charge in [-0.1, -0.05) is 91.0 Å². The van der Waals surface area contributed by atoms with Crippen molar-refractivity contribution in [2.24, 2.45) is 0 Å². The molecule has 0 aromatic heterocycles. The smallest absolute Gasteiger partial charge is 0.268 e. The number of amides is 1. The minimum absolute atomic E-state index is 0.0595. The van der Waals surface area contributed by atoms with Gasteiger partial charge in [0.2, 0.25) is 0 Å². The summed E-state index contributed by atoms with van der Waals surface area (Å²) in [5.41, 5.74) is 2.96. The molecule has 4 heterocycles. The number of hydrogen-bond acceptors (Lipinski definition) is 7. The summed E-state index contributed by atoms with van der Waals surface area (Å²) in [5, 5.41) is 3.84. The van der Waals surface area contributed by atoms with Crippen LogP contribution in [0.1, 0.15) is 29.3 Å². The molecular formula is C30H30N2O6. The van der Waals surface area contributed by atoms with E-state index in [1.54, 1.807) is 5.01 Å². The van der Waals surface area contributed by atoms with Crippen LogP contribution in [0.5, 0.6) is 0 Å². The average molecular weight is 515 g/mol. The zero-order valence-corrected chi connectivity index (χ0v) is 20.9. The first-order chi connectivity index (χ1) is 18.8. The highest BCUT2D eigenvalue weighted by Gasteiger charge is 2.60. The quantitative estimate of drug-likeness (QED) is 0.466. The fraction of sp³-hybridized carbons (Fsp3) is 0.367. The lowest BCUT2D eigenvalue weighted by Crippen LogP contribution is -2.68. The SMILES string of the molecule is O=C1[C@@H](OCc2ccccc2)CN1N1[C@H]2COC(c3ccccc3)O[C@H]2[C@@H]2OC(c3ccccc3)OC[C@@H]21. The molecule has 3 aromatic rings. The van der Waals surface area contributed by atoms with Crippen LogP contribution in [0, 0.1) is 0 Å². The number of fused-ring (bicyclic) bond motifs is 3. The maximum Gasteiger partial charge on any atom is 0.268 e. The first kappa shape index (κ1) is 24.0. The van der Waals surface area contributed by atoms with E-state index in [4.69, 9.17) is 23.7 Å². The summed E-state index contributed by atoms with van der Waals surface area (Å²) in [7, 11) is 0. The number of nitrogens with zero attached hydrogens (tertiary/aromatic N) is 2. The van der Waals surface area contributed by atoms with Gasteiger partial charge < -0.3 is 23.7 Å². The van der Waals surface area contributed by atoms with Crippen molar-refractivity contribution in [3.8, 4) is 0 Å². The molecule has 8 heteroatoms. The fourth-order valence-electron chi connectivity index (χ4n) is 5.81. The van der Waals surface area contributed by atoms with Gasteiger partial charge in [0.1, 0.15) is 12.2 Å². The molecule has 4 aliphatic rings. The van der Waals surface area contributed by atoms with E-state index >= 15 is 0 Å². The summed E-state index contributed by atoms with van der Waals surface area (Å²) in [6, 6.07) is 29.4. The molecule has 8 nitrogen and oxygen atoms in total. The van der Waals surface area contributed by atoms with Gasteiger partial charge in [0.25, 0.3) is 5.91 Å². The lowest BCUT2D eigenvalue weighted by atomic mass is 10.0. The number of hydrogen-bond donors (Lipinski definition) is 0. The van der Waals surface area contributed by atoms with Crippen LogP contribution in [-0.4, -0.2) is 66.1 Å². The van der Waals surface area contributed by atoms with E-state index in [-0.39, 0.29) is 30.2 Å². The monoisotopic (exact) mass is 514 g/mol. The Balaban J connectivity index is 1.10. The summed E-state index contributed by atoms with van der Waals surface area (Å²) in [4.78, 5) is 13.3. The molecule has 2 unspecified atom stereocenters. The Hall–Kier alpha value is -3.11. The molecule has 0 aliphatic carbocycles. The first-order valence-corrected chi connectivity index (χ1v) is 13.2. The van der Waals surface area contributed by atoms with Gasteiger partial charge in [-0.15, -0.1) is 0 Å². The second-order valence-electron chi connectivity index (χ2n) is 10.1. The summed E-state index contributed by atoms with van der Waals surface area (Å²) in [6.07, 6.45) is -2.03. The fourth-order valence-corrected chi connectivity index (χ4v) is 5.81. The van der Waals surface area contributed by atoms with Crippen LogP contribution in [0.15, 0.2) is 91.0 Å². The van der Waals surface area contributed by atoms with E-state index in [9.17, 15) is 4.79 Å². The highest BCUT2D eigenvalue weighted by Crippen LogP contribution is 2.44. The van der Waals surface area contributed by atoms with Crippen molar-refractivity contribution in [2.45, 2.75) is 49.6 Å². The van der Waals surface area contributed by atoms with Gasteiger partial charge in [0.15, 0.2) is 18.7 Å². The standard InChI is InChI=1S/C30H30N2O6/c33-28-25(34-17-20-10-4-1-5-11-20)16-31(28)32-23-18-35-29(21-12-6-2-7-13-21)37-26(23)27-24(32)19-36-30(38-27)22-14-8-3-9-15-22/h1-15,23-27,29-30H,16-19H2/t23-,24-,25-,26+,27+,29?,30?/m0/s1. The Morgan fingerprint density at radius 1 is 0.711 bits per heavy atom. The van der Waals surface area contributed by atoms with Crippen LogP contribution in [-0.2, 0) is 35.1 Å². The van der Waals surface area contributed by atoms with Crippen molar-refractivity contribution < 1.29 is 28.5 Å². The first-order valence-electron chi connectivity index (χ1n) is 13.2. The summed E-state index contributed by atoms with van der Waals surface area (Å²) in [5.74, 6) is -0.0595. The number of carbonyl (C=O) groups is 1. The lowest BCUT2D eigenvalue weighted by Gasteiger charge is -2.49. The Labute approximate surface area is 221 Å². The number of hydrazine groups is 1. The highest BCUT2D eigenvalue weighted by molar-refractivity contribution is 5.86. The van der Waals surface area contributed by atoms with Crippen LogP contribution in [0.2, 0.25) is 0 Å². The van der Waals surface area contributed by atoms with Crippen molar-refractivity contribution in [1.29, 1.82) is 0 Å². The van der Waals surface area contributed by atoms with Crippen LogP contribution >= 0.6 is 0 Å². The predicted molar refractivity (Wildman–Crippen MR) is 136 cm³/mol. The molecular weight excluding hydrogens is 484 g/mol. The number of ether oxygens (including phenoxy) is 5. The van der Waals surface area contributed by atoms with Gasteiger partial charge in [-0.3, -0.25) is 9.80 Å². The third-order valence-corrected chi connectivity index (χ3v) is 7.74. The molecule has 0 bridgehead atoms. The number of rotatable bonds is 6. The molecule has 7 atom stereocenters. The van der Waals surface area contributed by atoms with Crippen molar-refractivity contribution in [2.75, 3.05) is 19.8 Å². The average Bonchev–Trinajstić information content (AvgIpc) is 3.30. The molecule has 0 saturated carbocycles. The van der Waals surface area contributed by atoms with E-state index in [1.165, 1.54) is 0 Å². The second-order valence-corrected chi connectivity index (χ2v) is 10.1. The van der Waals surface area contributed by atoms with Crippen molar-refractivity contribution in [3.63, 3.8) is 0 Å². The van der Waals surface area contributed by atoms with Crippen LogP contribution in [0.4, 0.5) is 0 Å². The third kappa shape index (κ3) is 4.33. The molecule has 4 aliphatic heterocycles. The minimum atomic E-state index is -0.492. The summed E-state index contributed by atoms with van der Waals surface area (Å²) in [6.45, 7) is 1.70. The normalized spacial score (nSPS) is 32.9. The predicted octanol–water partition coefficient (Wildman–Crippen LogP) is 3.61. The van der Waals surface area contributed by atoms with E-state index in [2.05, 4.69) is 5.01 Å².